The Hall–Kier alpha value is -0.820. The molecule has 0 heterocycles. The fraction of sp³-hybridized carbons (Fsp3) is 0.700. The second-order valence-corrected chi connectivity index (χ2v) is 8.12. The van der Waals surface area contributed by atoms with Crippen molar-refractivity contribution in [1.29, 1.82) is 0 Å². The summed E-state index contributed by atoms with van der Waals surface area (Å²) in [5, 5.41) is 3.76. The van der Waals surface area contributed by atoms with Crippen molar-refractivity contribution in [2.75, 3.05) is 6.54 Å². The quantitative estimate of drug-likeness (QED) is 0.796. The maximum absolute atomic E-state index is 3.76. The van der Waals surface area contributed by atoms with Crippen molar-refractivity contribution in [2.24, 2.45) is 5.41 Å². The van der Waals surface area contributed by atoms with Crippen LogP contribution >= 0.6 is 0 Å². The van der Waals surface area contributed by atoms with Gasteiger partial charge in [0.1, 0.15) is 0 Å². The Morgan fingerprint density at radius 1 is 1.10 bits per heavy atom. The van der Waals surface area contributed by atoms with E-state index in [1.54, 1.807) is 0 Å². The van der Waals surface area contributed by atoms with E-state index >= 15 is 0 Å². The second kappa shape index (κ2) is 6.52. The van der Waals surface area contributed by atoms with Crippen LogP contribution in [0.15, 0.2) is 24.3 Å². The van der Waals surface area contributed by atoms with Gasteiger partial charge in [0.2, 0.25) is 0 Å². The minimum absolute atomic E-state index is 0.247. The van der Waals surface area contributed by atoms with E-state index in [0.717, 1.165) is 13.0 Å². The highest BCUT2D eigenvalue weighted by Gasteiger charge is 2.36. The molecule has 1 aliphatic rings. The number of likely N-dealkylation sites (N-methyl/N-ethyl adjacent to an activating group) is 1. The molecular formula is C20H33N. The van der Waals surface area contributed by atoms with Gasteiger partial charge in [0, 0.05) is 6.04 Å². The van der Waals surface area contributed by atoms with Crippen molar-refractivity contribution < 1.29 is 0 Å². The maximum atomic E-state index is 3.76. The third-order valence-electron chi connectivity index (χ3n) is 5.30. The molecular weight excluding hydrogens is 254 g/mol. The summed E-state index contributed by atoms with van der Waals surface area (Å²) in [4.78, 5) is 0. The van der Waals surface area contributed by atoms with Crippen LogP contribution in [0, 0.1) is 5.41 Å². The van der Waals surface area contributed by atoms with Gasteiger partial charge in [-0.3, -0.25) is 0 Å². The average molecular weight is 287 g/mol. The monoisotopic (exact) mass is 287 g/mol. The van der Waals surface area contributed by atoms with Crippen LogP contribution in [0.1, 0.15) is 71.4 Å². The third-order valence-corrected chi connectivity index (χ3v) is 5.30. The summed E-state index contributed by atoms with van der Waals surface area (Å²) >= 11 is 0. The largest absolute Gasteiger partial charge is 0.313 e. The number of rotatable bonds is 5. The summed E-state index contributed by atoms with van der Waals surface area (Å²) in [5.41, 5.74) is 3.64. The van der Waals surface area contributed by atoms with Gasteiger partial charge >= 0.3 is 0 Å². The van der Waals surface area contributed by atoms with E-state index in [9.17, 15) is 0 Å². The molecule has 21 heavy (non-hydrogen) atoms. The number of nitrogens with one attached hydrogen (secondary N) is 1. The lowest BCUT2D eigenvalue weighted by molar-refractivity contribution is 0.222. The summed E-state index contributed by atoms with van der Waals surface area (Å²) in [6.45, 7) is 12.6. The molecule has 1 heteroatoms. The minimum Gasteiger partial charge on any atom is -0.313 e. The summed E-state index contributed by atoms with van der Waals surface area (Å²) in [7, 11) is 0. The van der Waals surface area contributed by atoms with Crippen molar-refractivity contribution in [3.8, 4) is 0 Å². The number of hydrogen-bond donors (Lipinski definition) is 1. The molecule has 0 amide bonds. The van der Waals surface area contributed by atoms with Gasteiger partial charge < -0.3 is 5.32 Å². The van der Waals surface area contributed by atoms with E-state index < -0.39 is 0 Å². The first kappa shape index (κ1) is 16.5. The van der Waals surface area contributed by atoms with Gasteiger partial charge in [-0.1, -0.05) is 71.7 Å². The van der Waals surface area contributed by atoms with E-state index in [1.807, 2.05) is 0 Å². The van der Waals surface area contributed by atoms with E-state index in [-0.39, 0.29) is 5.41 Å². The third kappa shape index (κ3) is 4.10. The van der Waals surface area contributed by atoms with Gasteiger partial charge in [-0.15, -0.1) is 0 Å². The van der Waals surface area contributed by atoms with Gasteiger partial charge in [0.05, 0.1) is 0 Å². The van der Waals surface area contributed by atoms with Crippen molar-refractivity contribution in [3.63, 3.8) is 0 Å². The Bertz CT molecular complexity index is 432. The molecule has 0 aliphatic heterocycles. The van der Waals surface area contributed by atoms with Crippen LogP contribution in [0.4, 0.5) is 0 Å². The molecule has 1 atom stereocenters. The van der Waals surface area contributed by atoms with Gasteiger partial charge in [0.15, 0.2) is 0 Å². The summed E-state index contributed by atoms with van der Waals surface area (Å²) in [6, 6.07) is 9.92. The van der Waals surface area contributed by atoms with Gasteiger partial charge in [-0.2, -0.15) is 0 Å². The first-order valence-corrected chi connectivity index (χ1v) is 8.68. The molecule has 1 saturated carbocycles. The smallest absolute Gasteiger partial charge is 0.0161 e. The van der Waals surface area contributed by atoms with Crippen molar-refractivity contribution in [1.82, 2.24) is 5.32 Å². The molecule has 0 bridgehead atoms. The first-order valence-electron chi connectivity index (χ1n) is 8.68. The van der Waals surface area contributed by atoms with Crippen molar-refractivity contribution in [2.45, 2.75) is 78.2 Å². The molecule has 118 valence electrons. The van der Waals surface area contributed by atoms with E-state index in [2.05, 4.69) is 64.2 Å². The maximum Gasteiger partial charge on any atom is 0.0161 e. The Morgan fingerprint density at radius 2 is 1.67 bits per heavy atom. The fourth-order valence-corrected chi connectivity index (χ4v) is 3.72. The van der Waals surface area contributed by atoms with Gasteiger partial charge in [-0.25, -0.2) is 0 Å². The Kier molecular flexibility index (Phi) is 5.14. The predicted octanol–water partition coefficient (Wildman–Crippen LogP) is 5.09. The molecule has 0 radical (unpaired) electrons. The van der Waals surface area contributed by atoms with Crippen molar-refractivity contribution in [3.05, 3.63) is 35.4 Å². The predicted molar refractivity (Wildman–Crippen MR) is 92.9 cm³/mol. The summed E-state index contributed by atoms with van der Waals surface area (Å²) in [5.74, 6) is 0. The zero-order valence-electron chi connectivity index (χ0n) is 14.6. The van der Waals surface area contributed by atoms with Crippen LogP contribution in [0.25, 0.3) is 0 Å². The molecule has 1 aromatic rings. The molecule has 1 N–H and O–H groups in total. The highest BCUT2D eigenvalue weighted by atomic mass is 14.9. The second-order valence-electron chi connectivity index (χ2n) is 8.12. The lowest BCUT2D eigenvalue weighted by atomic mass is 9.77. The van der Waals surface area contributed by atoms with Crippen LogP contribution in [0.3, 0.4) is 0 Å². The SMILES string of the molecule is CCNC(Cc1ccc(C(C)(C)C)cc1)C1(C)CCCC1. The first-order chi connectivity index (χ1) is 9.85. The molecule has 0 spiro atoms. The topological polar surface area (TPSA) is 12.0 Å². The number of benzene rings is 1. The van der Waals surface area contributed by atoms with Crippen LogP contribution in [0.2, 0.25) is 0 Å². The molecule has 1 unspecified atom stereocenters. The zero-order valence-corrected chi connectivity index (χ0v) is 14.6. The van der Waals surface area contributed by atoms with E-state index in [0.29, 0.717) is 11.5 Å². The lowest BCUT2D eigenvalue weighted by Gasteiger charge is -2.35. The molecule has 1 fully saturated rings. The van der Waals surface area contributed by atoms with Gasteiger partial charge in [0.25, 0.3) is 0 Å². The fourth-order valence-electron chi connectivity index (χ4n) is 3.72. The van der Waals surface area contributed by atoms with Crippen LogP contribution in [0.5, 0.6) is 0 Å². The molecule has 2 rings (SSSR count). The average Bonchev–Trinajstić information content (AvgIpc) is 2.86. The van der Waals surface area contributed by atoms with Gasteiger partial charge in [-0.05, 0) is 47.8 Å². The lowest BCUT2D eigenvalue weighted by Crippen LogP contribution is -2.43. The van der Waals surface area contributed by atoms with Crippen LogP contribution < -0.4 is 5.32 Å². The van der Waals surface area contributed by atoms with Crippen molar-refractivity contribution >= 4 is 0 Å². The molecule has 1 aliphatic carbocycles. The normalized spacial score (nSPS) is 19.7. The molecule has 0 saturated heterocycles. The standard InChI is InChI=1S/C20H33N/c1-6-21-18(20(5)13-7-8-14-20)15-16-9-11-17(12-10-16)19(2,3)4/h9-12,18,21H,6-8,13-15H2,1-5H3. The Morgan fingerprint density at radius 3 is 2.14 bits per heavy atom. The highest BCUT2D eigenvalue weighted by Crippen LogP contribution is 2.41. The number of hydrogen-bond acceptors (Lipinski definition) is 1. The van der Waals surface area contributed by atoms with Crippen LogP contribution in [-0.4, -0.2) is 12.6 Å². The Balaban J connectivity index is 2.10. The highest BCUT2D eigenvalue weighted by molar-refractivity contribution is 5.28. The molecule has 1 nitrogen and oxygen atoms in total. The molecule has 0 aromatic heterocycles. The Labute approximate surface area is 131 Å². The van der Waals surface area contributed by atoms with Crippen LogP contribution in [-0.2, 0) is 11.8 Å². The zero-order chi connectivity index (χ0) is 15.5. The summed E-state index contributed by atoms with van der Waals surface area (Å²) < 4.78 is 0. The summed E-state index contributed by atoms with van der Waals surface area (Å²) in [6.07, 6.45) is 6.73. The van der Waals surface area contributed by atoms with E-state index in [1.165, 1.54) is 36.8 Å². The molecule has 1 aromatic carbocycles. The minimum atomic E-state index is 0.247. The van der Waals surface area contributed by atoms with E-state index in [4.69, 9.17) is 0 Å².